The number of hydrogen-bond donors (Lipinski definition) is 0. The Morgan fingerprint density at radius 1 is 0.364 bits per heavy atom. The number of para-hydroxylation sites is 2. The molecule has 2 aromatic heterocycles. The van der Waals surface area contributed by atoms with Crippen LogP contribution in [0.2, 0.25) is 0 Å². The molecule has 2 heterocycles. The summed E-state index contributed by atoms with van der Waals surface area (Å²) >= 11 is 1.86. The van der Waals surface area contributed by atoms with Crippen molar-refractivity contribution in [2.24, 2.45) is 0 Å². The highest BCUT2D eigenvalue weighted by Gasteiger charge is 2.19. The van der Waals surface area contributed by atoms with Gasteiger partial charge in [-0.1, -0.05) is 127 Å². The van der Waals surface area contributed by atoms with Crippen LogP contribution in [0.3, 0.4) is 0 Å². The van der Waals surface area contributed by atoms with E-state index in [4.69, 9.17) is 0 Å². The molecule has 11 aromatic rings. The smallest absolute Gasteiger partial charge is 0.0554 e. The summed E-state index contributed by atoms with van der Waals surface area (Å²) in [7, 11) is 0. The standard InChI is InChI=1S/C52H34N2S/c1-3-12-35(13-4-1)36-24-28-42(29-25-36)53(48-19-11-21-51-52(48)45-17-8-10-20-50(45)55-51)43-30-26-37(27-31-43)38-22-23-39-34-49-46(33-40(39)32-38)44-16-7-9-18-47(44)54(49)41-14-5-2-6-15-41/h1-34H. The van der Waals surface area contributed by atoms with Crippen LogP contribution < -0.4 is 4.90 Å². The third kappa shape index (κ3) is 5.32. The van der Waals surface area contributed by atoms with Gasteiger partial charge in [0.1, 0.15) is 0 Å². The van der Waals surface area contributed by atoms with Crippen LogP contribution in [0.25, 0.3) is 80.7 Å². The third-order valence-corrected chi connectivity index (χ3v) is 12.1. The van der Waals surface area contributed by atoms with Crippen molar-refractivity contribution >= 4 is 81.1 Å². The number of fused-ring (bicyclic) bond motifs is 7. The van der Waals surface area contributed by atoms with Gasteiger partial charge in [0, 0.05) is 48.0 Å². The first kappa shape index (κ1) is 31.6. The Kier molecular flexibility index (Phi) is 7.39. The largest absolute Gasteiger partial charge is 0.310 e. The molecule has 258 valence electrons. The molecule has 0 spiro atoms. The van der Waals surface area contributed by atoms with Crippen molar-refractivity contribution in [3.63, 3.8) is 0 Å². The van der Waals surface area contributed by atoms with Crippen molar-refractivity contribution < 1.29 is 0 Å². The molecule has 0 fully saturated rings. The van der Waals surface area contributed by atoms with Gasteiger partial charge >= 0.3 is 0 Å². The number of anilines is 3. The molecule has 0 bridgehead atoms. The first-order valence-electron chi connectivity index (χ1n) is 18.8. The van der Waals surface area contributed by atoms with Crippen molar-refractivity contribution in [2.75, 3.05) is 4.90 Å². The summed E-state index contributed by atoms with van der Waals surface area (Å²) in [6.07, 6.45) is 0. The Bertz CT molecular complexity index is 3180. The zero-order valence-electron chi connectivity index (χ0n) is 29.9. The lowest BCUT2D eigenvalue weighted by molar-refractivity contribution is 1.18. The van der Waals surface area contributed by atoms with Crippen LogP contribution in [0.4, 0.5) is 17.1 Å². The molecule has 9 aromatic carbocycles. The lowest BCUT2D eigenvalue weighted by atomic mass is 9.99. The zero-order chi connectivity index (χ0) is 36.3. The summed E-state index contributed by atoms with van der Waals surface area (Å²) in [4.78, 5) is 2.42. The summed E-state index contributed by atoms with van der Waals surface area (Å²) in [6, 6.07) is 75.1. The minimum atomic E-state index is 1.12. The molecule has 0 aliphatic carbocycles. The van der Waals surface area contributed by atoms with Crippen LogP contribution >= 0.6 is 11.3 Å². The predicted octanol–water partition coefficient (Wildman–Crippen LogP) is 15.1. The highest BCUT2D eigenvalue weighted by Crippen LogP contribution is 2.45. The second kappa shape index (κ2) is 12.9. The first-order chi connectivity index (χ1) is 27.3. The van der Waals surface area contributed by atoms with E-state index in [0.717, 1.165) is 11.4 Å². The summed E-state index contributed by atoms with van der Waals surface area (Å²) in [6.45, 7) is 0. The van der Waals surface area contributed by atoms with E-state index in [-0.39, 0.29) is 0 Å². The lowest BCUT2D eigenvalue weighted by Crippen LogP contribution is -2.10. The molecule has 0 saturated heterocycles. The molecule has 0 atom stereocenters. The fourth-order valence-electron chi connectivity index (χ4n) is 8.35. The molecule has 11 rings (SSSR count). The maximum Gasteiger partial charge on any atom is 0.0554 e. The molecule has 0 N–H and O–H groups in total. The van der Waals surface area contributed by atoms with E-state index in [9.17, 15) is 0 Å². The van der Waals surface area contributed by atoms with Gasteiger partial charge in [-0.2, -0.15) is 0 Å². The summed E-state index contributed by atoms with van der Waals surface area (Å²) in [5.74, 6) is 0. The Morgan fingerprint density at radius 2 is 0.964 bits per heavy atom. The van der Waals surface area contributed by atoms with Crippen molar-refractivity contribution in [1.29, 1.82) is 0 Å². The Morgan fingerprint density at radius 3 is 1.73 bits per heavy atom. The number of hydrogen-bond acceptors (Lipinski definition) is 2. The van der Waals surface area contributed by atoms with E-state index in [2.05, 4.69) is 216 Å². The maximum absolute atomic E-state index is 2.42. The fourth-order valence-corrected chi connectivity index (χ4v) is 9.48. The summed E-state index contributed by atoms with van der Waals surface area (Å²) in [5.41, 5.74) is 11.9. The van der Waals surface area contributed by atoms with Crippen molar-refractivity contribution in [3.8, 4) is 27.9 Å². The molecule has 0 saturated carbocycles. The van der Waals surface area contributed by atoms with Crippen LogP contribution in [-0.4, -0.2) is 4.57 Å². The second-order valence-electron chi connectivity index (χ2n) is 14.2. The maximum atomic E-state index is 2.42. The van der Waals surface area contributed by atoms with E-state index < -0.39 is 0 Å². The number of rotatable bonds is 6. The Labute approximate surface area is 323 Å². The van der Waals surface area contributed by atoms with Crippen LogP contribution in [0, 0.1) is 0 Å². The lowest BCUT2D eigenvalue weighted by Gasteiger charge is -2.27. The van der Waals surface area contributed by atoms with Gasteiger partial charge in [-0.15, -0.1) is 11.3 Å². The molecule has 0 aliphatic heterocycles. The normalized spacial score (nSPS) is 11.6. The number of benzene rings is 9. The van der Waals surface area contributed by atoms with Gasteiger partial charge in [0.25, 0.3) is 0 Å². The van der Waals surface area contributed by atoms with E-state index in [1.54, 1.807) is 0 Å². The number of thiophene rings is 1. The van der Waals surface area contributed by atoms with E-state index >= 15 is 0 Å². The van der Waals surface area contributed by atoms with Crippen molar-refractivity contribution in [2.45, 2.75) is 0 Å². The van der Waals surface area contributed by atoms with Gasteiger partial charge < -0.3 is 9.47 Å². The molecule has 0 unspecified atom stereocenters. The topological polar surface area (TPSA) is 8.17 Å². The van der Waals surface area contributed by atoms with Gasteiger partial charge in [-0.05, 0) is 112 Å². The Balaban J connectivity index is 1.02. The quantitative estimate of drug-likeness (QED) is 0.166. The average molecular weight is 719 g/mol. The average Bonchev–Trinajstić information content (AvgIpc) is 3.80. The minimum absolute atomic E-state index is 1.12. The SMILES string of the molecule is c1ccc(-c2ccc(N(c3ccc(-c4ccc5cc6c(cc5c4)c4ccccc4n6-c4ccccc4)cc3)c3cccc4sc5ccccc5c34)cc2)cc1. The van der Waals surface area contributed by atoms with Gasteiger partial charge in [0.05, 0.1) is 16.7 Å². The van der Waals surface area contributed by atoms with E-state index in [0.29, 0.717) is 0 Å². The Hall–Kier alpha value is -6.94. The zero-order valence-corrected chi connectivity index (χ0v) is 30.7. The van der Waals surface area contributed by atoms with Crippen LogP contribution in [0.15, 0.2) is 206 Å². The summed E-state index contributed by atoms with van der Waals surface area (Å²) < 4.78 is 4.98. The van der Waals surface area contributed by atoms with E-state index in [1.807, 2.05) is 11.3 Å². The highest BCUT2D eigenvalue weighted by molar-refractivity contribution is 7.26. The second-order valence-corrected chi connectivity index (χ2v) is 15.2. The first-order valence-corrected chi connectivity index (χ1v) is 19.6. The molecule has 3 heteroatoms. The molecule has 0 radical (unpaired) electrons. The predicted molar refractivity (Wildman–Crippen MR) is 237 cm³/mol. The van der Waals surface area contributed by atoms with Gasteiger partial charge in [-0.25, -0.2) is 0 Å². The fraction of sp³-hybridized carbons (Fsp3) is 0. The number of aromatic nitrogens is 1. The van der Waals surface area contributed by atoms with Gasteiger partial charge in [-0.3, -0.25) is 0 Å². The third-order valence-electron chi connectivity index (χ3n) is 11.0. The summed E-state index contributed by atoms with van der Waals surface area (Å²) in [5, 5.41) is 7.58. The molecular formula is C52H34N2S. The van der Waals surface area contributed by atoms with Gasteiger partial charge in [0.2, 0.25) is 0 Å². The van der Waals surface area contributed by atoms with Gasteiger partial charge in [0.15, 0.2) is 0 Å². The van der Waals surface area contributed by atoms with Crippen LogP contribution in [0.5, 0.6) is 0 Å². The molecule has 55 heavy (non-hydrogen) atoms. The molecule has 0 amide bonds. The van der Waals surface area contributed by atoms with Crippen LogP contribution in [-0.2, 0) is 0 Å². The van der Waals surface area contributed by atoms with Crippen LogP contribution in [0.1, 0.15) is 0 Å². The van der Waals surface area contributed by atoms with Crippen molar-refractivity contribution in [1.82, 2.24) is 4.57 Å². The molecule has 2 nitrogen and oxygen atoms in total. The monoisotopic (exact) mass is 718 g/mol. The number of nitrogens with zero attached hydrogens (tertiary/aromatic N) is 2. The highest BCUT2D eigenvalue weighted by atomic mass is 32.1. The molecule has 0 aliphatic rings. The minimum Gasteiger partial charge on any atom is -0.310 e. The van der Waals surface area contributed by atoms with Crippen molar-refractivity contribution in [3.05, 3.63) is 206 Å². The van der Waals surface area contributed by atoms with E-state index in [1.165, 1.54) is 86.4 Å². The molecular weight excluding hydrogens is 685 g/mol.